The van der Waals surface area contributed by atoms with Crippen molar-refractivity contribution in [3.8, 4) is 11.1 Å². The number of hydrogen-bond acceptors (Lipinski definition) is 3. The van der Waals surface area contributed by atoms with Gasteiger partial charge in [0.1, 0.15) is 6.33 Å². The minimum Gasteiger partial charge on any atom is -0.390 e. The molecular formula is C21H18ClN3O. The molecule has 0 aliphatic rings. The Balaban J connectivity index is 2.00. The van der Waals surface area contributed by atoms with Gasteiger partial charge in [-0.15, -0.1) is 0 Å². The number of aliphatic hydroxyl groups excluding tert-OH is 1. The van der Waals surface area contributed by atoms with Crippen LogP contribution >= 0.6 is 11.6 Å². The molecule has 0 spiro atoms. The van der Waals surface area contributed by atoms with Crippen molar-refractivity contribution in [3.63, 3.8) is 0 Å². The average Bonchev–Trinajstić information content (AvgIpc) is 2.96. The van der Waals surface area contributed by atoms with Crippen molar-refractivity contribution in [1.82, 2.24) is 14.5 Å². The predicted molar refractivity (Wildman–Crippen MR) is 104 cm³/mol. The van der Waals surface area contributed by atoms with Gasteiger partial charge in [-0.3, -0.25) is 0 Å². The lowest BCUT2D eigenvalue weighted by Crippen LogP contribution is -2.05. The molecule has 0 aliphatic carbocycles. The third-order valence-electron chi connectivity index (χ3n) is 4.61. The highest BCUT2D eigenvalue weighted by atomic mass is 35.5. The van der Waals surface area contributed by atoms with Gasteiger partial charge in [0.15, 0.2) is 0 Å². The summed E-state index contributed by atoms with van der Waals surface area (Å²) in [4.78, 5) is 8.30. The van der Waals surface area contributed by atoms with Crippen molar-refractivity contribution in [2.24, 2.45) is 0 Å². The molecule has 0 radical (unpaired) electrons. The van der Waals surface area contributed by atoms with Crippen LogP contribution in [0, 0.1) is 6.92 Å². The quantitative estimate of drug-likeness (QED) is 0.576. The van der Waals surface area contributed by atoms with Gasteiger partial charge >= 0.3 is 0 Å². The summed E-state index contributed by atoms with van der Waals surface area (Å²) in [6, 6.07) is 14.1. The van der Waals surface area contributed by atoms with Crippen molar-refractivity contribution in [3.05, 3.63) is 83.0 Å². The van der Waals surface area contributed by atoms with Gasteiger partial charge < -0.3 is 9.67 Å². The lowest BCUT2D eigenvalue weighted by molar-refractivity contribution is 0.273. The summed E-state index contributed by atoms with van der Waals surface area (Å²) < 4.78 is 2.12. The molecule has 0 atom stereocenters. The van der Waals surface area contributed by atoms with Crippen LogP contribution in [0.2, 0.25) is 5.02 Å². The lowest BCUT2D eigenvalue weighted by atomic mass is 10.0. The molecule has 130 valence electrons. The molecule has 0 saturated heterocycles. The van der Waals surface area contributed by atoms with Crippen molar-refractivity contribution in [2.75, 3.05) is 0 Å². The normalized spacial score (nSPS) is 11.2. The molecular weight excluding hydrogens is 346 g/mol. The summed E-state index contributed by atoms with van der Waals surface area (Å²) in [6.45, 7) is 2.57. The summed E-state index contributed by atoms with van der Waals surface area (Å²) in [5, 5.41) is 12.0. The van der Waals surface area contributed by atoms with Gasteiger partial charge in [-0.2, -0.15) is 0 Å². The molecule has 0 bridgehead atoms. The third kappa shape index (κ3) is 2.87. The van der Waals surface area contributed by atoms with E-state index in [9.17, 15) is 5.11 Å². The van der Waals surface area contributed by atoms with Crippen LogP contribution in [-0.4, -0.2) is 19.6 Å². The minimum atomic E-state index is -0.0809. The van der Waals surface area contributed by atoms with Crippen LogP contribution in [0.5, 0.6) is 0 Å². The summed E-state index contributed by atoms with van der Waals surface area (Å²) in [7, 11) is 0. The van der Waals surface area contributed by atoms with Gasteiger partial charge in [0, 0.05) is 46.0 Å². The highest BCUT2D eigenvalue weighted by Gasteiger charge is 2.19. The Kier molecular flexibility index (Phi) is 4.45. The minimum absolute atomic E-state index is 0.0809. The number of aromatic nitrogens is 3. The van der Waals surface area contributed by atoms with Gasteiger partial charge in [0.05, 0.1) is 12.3 Å². The molecule has 0 fully saturated rings. The molecule has 26 heavy (non-hydrogen) atoms. The van der Waals surface area contributed by atoms with Gasteiger partial charge in [0.2, 0.25) is 0 Å². The van der Waals surface area contributed by atoms with Gasteiger partial charge in [-0.05, 0) is 30.7 Å². The van der Waals surface area contributed by atoms with Crippen LogP contribution in [0.1, 0.15) is 16.8 Å². The van der Waals surface area contributed by atoms with E-state index in [4.69, 9.17) is 11.6 Å². The van der Waals surface area contributed by atoms with Gasteiger partial charge in [-0.25, -0.2) is 9.97 Å². The number of fused-ring (bicyclic) bond motifs is 1. The van der Waals surface area contributed by atoms with Crippen LogP contribution in [0.4, 0.5) is 0 Å². The van der Waals surface area contributed by atoms with Crippen LogP contribution in [0.3, 0.4) is 0 Å². The fourth-order valence-electron chi connectivity index (χ4n) is 3.41. The Morgan fingerprint density at radius 1 is 1.08 bits per heavy atom. The zero-order valence-electron chi connectivity index (χ0n) is 14.4. The monoisotopic (exact) mass is 363 g/mol. The largest absolute Gasteiger partial charge is 0.390 e. The maximum atomic E-state index is 10.2. The number of benzene rings is 2. The first-order valence-corrected chi connectivity index (χ1v) is 8.78. The molecule has 0 unspecified atom stereocenters. The number of hydrogen-bond donors (Lipinski definition) is 1. The molecule has 2 aromatic carbocycles. The van der Waals surface area contributed by atoms with E-state index in [-0.39, 0.29) is 6.61 Å². The summed E-state index contributed by atoms with van der Waals surface area (Å²) in [6.07, 6.45) is 5.07. The summed E-state index contributed by atoms with van der Waals surface area (Å²) in [5.41, 5.74) is 5.93. The number of rotatable bonds is 4. The van der Waals surface area contributed by atoms with E-state index in [1.54, 1.807) is 12.4 Å². The maximum Gasteiger partial charge on any atom is 0.115 e. The molecule has 2 aromatic heterocycles. The van der Waals surface area contributed by atoms with Gasteiger partial charge in [0.25, 0.3) is 0 Å². The second-order valence-corrected chi connectivity index (χ2v) is 6.71. The first-order valence-electron chi connectivity index (χ1n) is 8.40. The second-order valence-electron chi connectivity index (χ2n) is 6.31. The Bertz CT molecular complexity index is 1070. The molecule has 4 rings (SSSR count). The van der Waals surface area contributed by atoms with Crippen molar-refractivity contribution >= 4 is 22.5 Å². The first-order chi connectivity index (χ1) is 12.7. The standard InChI is InChI=1S/C21H18ClN3O/c1-14-6-7-19-17(8-14)21(16-9-23-13-24-10-16)20(12-26)25(19)11-15-4-2-3-5-18(15)22/h2-10,13,26H,11-12H2,1H3. The fraction of sp³-hybridized carbons (Fsp3) is 0.143. The molecule has 0 saturated carbocycles. The number of nitrogens with zero attached hydrogens (tertiary/aromatic N) is 3. The highest BCUT2D eigenvalue weighted by Crippen LogP contribution is 2.36. The van der Waals surface area contributed by atoms with Crippen LogP contribution in [0.15, 0.2) is 61.2 Å². The fourth-order valence-corrected chi connectivity index (χ4v) is 3.61. The smallest absolute Gasteiger partial charge is 0.115 e. The number of aliphatic hydroxyl groups is 1. The highest BCUT2D eigenvalue weighted by molar-refractivity contribution is 6.31. The van der Waals surface area contributed by atoms with Gasteiger partial charge in [-0.1, -0.05) is 41.4 Å². The van der Waals surface area contributed by atoms with E-state index >= 15 is 0 Å². The van der Waals surface area contributed by atoms with E-state index in [0.717, 1.165) is 43.9 Å². The molecule has 4 nitrogen and oxygen atoms in total. The van der Waals surface area contributed by atoms with E-state index in [2.05, 4.69) is 39.7 Å². The number of aryl methyl sites for hydroxylation is 1. The third-order valence-corrected chi connectivity index (χ3v) is 4.98. The SMILES string of the molecule is Cc1ccc2c(c1)c(-c1cncnc1)c(CO)n2Cc1ccccc1Cl. The van der Waals surface area contributed by atoms with Crippen LogP contribution in [0.25, 0.3) is 22.0 Å². The molecule has 2 heterocycles. The Morgan fingerprint density at radius 3 is 2.58 bits per heavy atom. The maximum absolute atomic E-state index is 10.2. The Morgan fingerprint density at radius 2 is 1.85 bits per heavy atom. The van der Waals surface area contributed by atoms with Crippen LogP contribution < -0.4 is 0 Å². The average molecular weight is 364 g/mol. The molecule has 1 N–H and O–H groups in total. The lowest BCUT2D eigenvalue weighted by Gasteiger charge is -2.12. The molecule has 4 aromatic rings. The second kappa shape index (κ2) is 6.90. The topological polar surface area (TPSA) is 50.9 Å². The van der Waals surface area contributed by atoms with Crippen molar-refractivity contribution < 1.29 is 5.11 Å². The number of halogens is 1. The van der Waals surface area contributed by atoms with Crippen LogP contribution in [-0.2, 0) is 13.2 Å². The first kappa shape index (κ1) is 16.8. The molecule has 0 amide bonds. The Hall–Kier alpha value is -2.69. The van der Waals surface area contributed by atoms with Crippen molar-refractivity contribution in [2.45, 2.75) is 20.1 Å². The van der Waals surface area contributed by atoms with E-state index in [1.807, 2.05) is 24.3 Å². The Labute approximate surface area is 156 Å². The zero-order chi connectivity index (χ0) is 18.1. The molecule has 5 heteroatoms. The van der Waals surface area contributed by atoms with E-state index in [0.29, 0.717) is 6.54 Å². The van der Waals surface area contributed by atoms with E-state index in [1.165, 1.54) is 6.33 Å². The zero-order valence-corrected chi connectivity index (χ0v) is 15.1. The predicted octanol–water partition coefficient (Wildman–Crippen LogP) is 4.60. The van der Waals surface area contributed by atoms with E-state index < -0.39 is 0 Å². The van der Waals surface area contributed by atoms with Crippen molar-refractivity contribution in [1.29, 1.82) is 0 Å². The summed E-state index contributed by atoms with van der Waals surface area (Å²) >= 11 is 6.37. The summed E-state index contributed by atoms with van der Waals surface area (Å²) in [5.74, 6) is 0. The molecule has 0 aliphatic heterocycles.